The number of benzene rings is 2. The molecule has 1 unspecified atom stereocenters. The van der Waals surface area contributed by atoms with Crippen LogP contribution in [-0.2, 0) is 4.79 Å². The Hall–Kier alpha value is -2.79. The normalized spacial score (nSPS) is 19.4. The number of anilines is 1. The largest absolute Gasteiger partial charge is 0.366 e. The van der Waals surface area contributed by atoms with Gasteiger partial charge in [-0.1, -0.05) is 54.8 Å². The third kappa shape index (κ3) is 4.14. The molecule has 1 saturated carbocycles. The van der Waals surface area contributed by atoms with Crippen LogP contribution in [0.3, 0.4) is 0 Å². The van der Waals surface area contributed by atoms with Crippen LogP contribution in [0.1, 0.15) is 38.5 Å². The number of hydrogen-bond donors (Lipinski definition) is 2. The molecule has 1 aromatic heterocycles. The van der Waals surface area contributed by atoms with Crippen LogP contribution in [0.15, 0.2) is 53.3 Å². The summed E-state index contributed by atoms with van der Waals surface area (Å²) in [5, 5.41) is 4.79. The van der Waals surface area contributed by atoms with Crippen molar-refractivity contribution >= 4 is 34.1 Å². The van der Waals surface area contributed by atoms with E-state index in [1.807, 2.05) is 42.5 Å². The fraction of sp³-hybridized carbons (Fsp3) is 0.385. The molecule has 0 radical (unpaired) electrons. The highest BCUT2D eigenvalue weighted by Gasteiger charge is 2.31. The summed E-state index contributed by atoms with van der Waals surface area (Å²) < 4.78 is 0. The van der Waals surface area contributed by atoms with Gasteiger partial charge in [0, 0.05) is 40.6 Å². The lowest BCUT2D eigenvalue weighted by Gasteiger charge is -2.35. The monoisotopic (exact) mass is 449 g/mol. The number of halogens is 1. The zero-order valence-electron chi connectivity index (χ0n) is 18.1. The van der Waals surface area contributed by atoms with Crippen LogP contribution in [0, 0.1) is 5.92 Å². The molecule has 2 N–H and O–H groups in total. The first-order valence-corrected chi connectivity index (χ1v) is 11.9. The molecule has 2 fully saturated rings. The van der Waals surface area contributed by atoms with Gasteiger partial charge in [-0.15, -0.1) is 0 Å². The van der Waals surface area contributed by atoms with Crippen molar-refractivity contribution in [3.8, 4) is 11.1 Å². The summed E-state index contributed by atoms with van der Waals surface area (Å²) in [7, 11) is 0. The van der Waals surface area contributed by atoms with E-state index in [1.165, 1.54) is 12.8 Å². The highest BCUT2D eigenvalue weighted by molar-refractivity contribution is 6.31. The summed E-state index contributed by atoms with van der Waals surface area (Å²) in [6.45, 7) is 1.30. The van der Waals surface area contributed by atoms with Gasteiger partial charge in [0.25, 0.3) is 5.56 Å². The number of hydrogen-bond acceptors (Lipinski definition) is 3. The Bertz CT molecular complexity index is 1180. The predicted molar refractivity (Wildman–Crippen MR) is 130 cm³/mol. The van der Waals surface area contributed by atoms with Crippen LogP contribution < -0.4 is 15.8 Å². The molecule has 1 aliphatic heterocycles. The molecule has 0 spiro atoms. The summed E-state index contributed by atoms with van der Waals surface area (Å²) in [6.07, 6.45) is 6.27. The second-order valence-electron chi connectivity index (χ2n) is 9.01. The van der Waals surface area contributed by atoms with E-state index in [1.54, 1.807) is 6.07 Å². The Balaban J connectivity index is 1.55. The highest BCUT2D eigenvalue weighted by atomic mass is 35.5. The lowest BCUT2D eigenvalue weighted by atomic mass is 9.93. The van der Waals surface area contributed by atoms with Gasteiger partial charge >= 0.3 is 0 Å². The molecular weight excluding hydrogens is 422 g/mol. The smallest absolute Gasteiger partial charge is 0.272 e. The standard InChI is InChI=1S/C26H28ClN3O2/c27-19-12-13-22-21(15-19)23(17-7-2-1-3-8-17)24(26(32)29-22)30-14-6-9-18(16-30)25(31)28-20-10-4-5-11-20/h1-3,7-8,12-13,15,18,20H,4-6,9-11,14,16H2,(H,28,31)(H,29,32). The minimum atomic E-state index is -0.129. The maximum absolute atomic E-state index is 13.3. The predicted octanol–water partition coefficient (Wildman–Crippen LogP) is 5.12. The van der Waals surface area contributed by atoms with Crippen molar-refractivity contribution in [3.63, 3.8) is 0 Å². The Morgan fingerprint density at radius 2 is 1.81 bits per heavy atom. The van der Waals surface area contributed by atoms with Crippen molar-refractivity contribution in [2.75, 3.05) is 18.0 Å². The number of rotatable bonds is 4. The second-order valence-corrected chi connectivity index (χ2v) is 9.45. The first-order chi connectivity index (χ1) is 15.6. The minimum Gasteiger partial charge on any atom is -0.366 e. The van der Waals surface area contributed by atoms with Gasteiger partial charge in [0.2, 0.25) is 5.91 Å². The number of amides is 1. The van der Waals surface area contributed by atoms with Crippen molar-refractivity contribution < 1.29 is 4.79 Å². The Morgan fingerprint density at radius 3 is 2.59 bits per heavy atom. The molecule has 1 aliphatic carbocycles. The van der Waals surface area contributed by atoms with E-state index in [9.17, 15) is 9.59 Å². The SMILES string of the molecule is O=C(NC1CCCC1)C1CCCN(c2c(-c3ccccc3)c3cc(Cl)ccc3[nH]c2=O)C1. The van der Waals surface area contributed by atoms with E-state index in [0.29, 0.717) is 23.3 Å². The first kappa shape index (κ1) is 21.1. The number of pyridine rings is 1. The molecule has 2 aromatic carbocycles. The molecule has 5 rings (SSSR count). The molecule has 2 aliphatic rings. The number of nitrogens with one attached hydrogen (secondary N) is 2. The topological polar surface area (TPSA) is 65.2 Å². The van der Waals surface area contributed by atoms with Crippen LogP contribution in [0.2, 0.25) is 5.02 Å². The van der Waals surface area contributed by atoms with Gasteiger partial charge in [-0.3, -0.25) is 9.59 Å². The molecule has 1 amide bonds. The number of aromatic nitrogens is 1. The molecule has 166 valence electrons. The van der Waals surface area contributed by atoms with Crippen LogP contribution >= 0.6 is 11.6 Å². The fourth-order valence-corrected chi connectivity index (χ4v) is 5.41. The summed E-state index contributed by atoms with van der Waals surface area (Å²) in [5.41, 5.74) is 3.11. The Morgan fingerprint density at radius 1 is 1.03 bits per heavy atom. The van der Waals surface area contributed by atoms with Crippen molar-refractivity contribution in [1.82, 2.24) is 10.3 Å². The molecule has 0 bridgehead atoms. The molecule has 2 heterocycles. The van der Waals surface area contributed by atoms with Gasteiger partial charge in [0.1, 0.15) is 5.69 Å². The number of H-pyrrole nitrogens is 1. The van der Waals surface area contributed by atoms with Gasteiger partial charge < -0.3 is 15.2 Å². The molecular formula is C26H28ClN3O2. The van der Waals surface area contributed by atoms with E-state index >= 15 is 0 Å². The number of piperidine rings is 1. The molecule has 6 heteroatoms. The Kier molecular flexibility index (Phi) is 5.92. The molecule has 1 saturated heterocycles. The second kappa shape index (κ2) is 8.99. The third-order valence-corrected chi connectivity index (χ3v) is 7.06. The van der Waals surface area contributed by atoms with Crippen LogP contribution in [0.5, 0.6) is 0 Å². The van der Waals surface area contributed by atoms with E-state index in [-0.39, 0.29) is 17.4 Å². The van der Waals surface area contributed by atoms with E-state index in [0.717, 1.165) is 54.3 Å². The van der Waals surface area contributed by atoms with Gasteiger partial charge in [0.05, 0.1) is 5.92 Å². The summed E-state index contributed by atoms with van der Waals surface area (Å²) in [5.74, 6) is 0.0190. The first-order valence-electron chi connectivity index (χ1n) is 11.6. The summed E-state index contributed by atoms with van der Waals surface area (Å²) >= 11 is 6.34. The maximum atomic E-state index is 13.3. The molecule has 32 heavy (non-hydrogen) atoms. The number of nitrogens with zero attached hydrogens (tertiary/aromatic N) is 1. The van der Waals surface area contributed by atoms with Crippen LogP contribution in [0.25, 0.3) is 22.0 Å². The third-order valence-electron chi connectivity index (χ3n) is 6.82. The van der Waals surface area contributed by atoms with E-state index in [2.05, 4.69) is 15.2 Å². The maximum Gasteiger partial charge on any atom is 0.272 e. The average Bonchev–Trinajstić information content (AvgIpc) is 3.32. The van der Waals surface area contributed by atoms with E-state index in [4.69, 9.17) is 11.6 Å². The van der Waals surface area contributed by atoms with Gasteiger partial charge in [0.15, 0.2) is 0 Å². The van der Waals surface area contributed by atoms with E-state index < -0.39 is 0 Å². The quantitative estimate of drug-likeness (QED) is 0.580. The molecule has 5 nitrogen and oxygen atoms in total. The van der Waals surface area contributed by atoms with Crippen molar-refractivity contribution in [2.24, 2.45) is 5.92 Å². The van der Waals surface area contributed by atoms with Crippen LogP contribution in [0.4, 0.5) is 5.69 Å². The van der Waals surface area contributed by atoms with Crippen molar-refractivity contribution in [3.05, 3.63) is 63.9 Å². The fourth-order valence-electron chi connectivity index (χ4n) is 5.24. The number of carbonyl (C=O) groups is 1. The summed E-state index contributed by atoms with van der Waals surface area (Å²) in [6, 6.07) is 15.8. The number of fused-ring (bicyclic) bond motifs is 1. The highest BCUT2D eigenvalue weighted by Crippen LogP contribution is 2.37. The lowest BCUT2D eigenvalue weighted by Crippen LogP contribution is -2.46. The molecule has 1 atom stereocenters. The van der Waals surface area contributed by atoms with Gasteiger partial charge in [-0.05, 0) is 49.4 Å². The minimum absolute atomic E-state index is 0.109. The van der Waals surface area contributed by atoms with Crippen molar-refractivity contribution in [1.29, 1.82) is 0 Å². The summed E-state index contributed by atoms with van der Waals surface area (Å²) in [4.78, 5) is 31.5. The number of aromatic amines is 1. The zero-order valence-corrected chi connectivity index (χ0v) is 18.8. The van der Waals surface area contributed by atoms with Gasteiger partial charge in [-0.2, -0.15) is 0 Å². The molecule has 3 aromatic rings. The zero-order chi connectivity index (χ0) is 22.1. The number of carbonyl (C=O) groups excluding carboxylic acids is 1. The van der Waals surface area contributed by atoms with Crippen LogP contribution in [-0.4, -0.2) is 30.0 Å². The Labute approximate surface area is 192 Å². The van der Waals surface area contributed by atoms with Gasteiger partial charge in [-0.25, -0.2) is 0 Å². The van der Waals surface area contributed by atoms with Crippen molar-refractivity contribution in [2.45, 2.75) is 44.6 Å². The lowest BCUT2D eigenvalue weighted by molar-refractivity contribution is -0.125. The average molecular weight is 450 g/mol.